The molecule has 1 aromatic rings. The number of aliphatic hydroxyl groups is 1. The van der Waals surface area contributed by atoms with Gasteiger partial charge >= 0.3 is 0 Å². The van der Waals surface area contributed by atoms with Gasteiger partial charge in [-0.05, 0) is 23.1 Å². The first-order valence-electron chi connectivity index (χ1n) is 7.91. The lowest BCUT2D eigenvalue weighted by molar-refractivity contribution is -0.117. The first kappa shape index (κ1) is 20.1. The van der Waals surface area contributed by atoms with Crippen LogP contribution in [0.5, 0.6) is 0 Å². The Labute approximate surface area is 162 Å². The van der Waals surface area contributed by atoms with Crippen LogP contribution in [0.1, 0.15) is 32.3 Å². The van der Waals surface area contributed by atoms with Crippen LogP contribution in [0.4, 0.5) is 0 Å². The SMILES string of the molecule is C=CCN=C(SCc1ccc(Cl)cc1Cl)C1=C(O)CC(C)(C)CC1=O. The molecule has 0 amide bonds. The summed E-state index contributed by atoms with van der Waals surface area (Å²) in [5.41, 5.74) is 0.987. The Morgan fingerprint density at radius 2 is 2.12 bits per heavy atom. The summed E-state index contributed by atoms with van der Waals surface area (Å²) in [5.74, 6) is 0.560. The van der Waals surface area contributed by atoms with Crippen molar-refractivity contribution in [2.45, 2.75) is 32.4 Å². The van der Waals surface area contributed by atoms with E-state index < -0.39 is 0 Å². The summed E-state index contributed by atoms with van der Waals surface area (Å²) in [7, 11) is 0. The van der Waals surface area contributed by atoms with Gasteiger partial charge in [0.25, 0.3) is 0 Å². The average Bonchev–Trinajstić information content (AvgIpc) is 2.48. The smallest absolute Gasteiger partial charge is 0.169 e. The van der Waals surface area contributed by atoms with E-state index in [0.717, 1.165) is 5.56 Å². The van der Waals surface area contributed by atoms with Crippen LogP contribution in [0.15, 0.2) is 47.2 Å². The second kappa shape index (κ2) is 8.43. The van der Waals surface area contributed by atoms with Gasteiger partial charge in [-0.3, -0.25) is 9.79 Å². The highest BCUT2D eigenvalue weighted by molar-refractivity contribution is 8.13. The van der Waals surface area contributed by atoms with Gasteiger partial charge in [0.15, 0.2) is 5.78 Å². The number of rotatable bonds is 5. The van der Waals surface area contributed by atoms with Crippen molar-refractivity contribution in [1.82, 2.24) is 0 Å². The zero-order chi connectivity index (χ0) is 18.6. The molecule has 0 aliphatic heterocycles. The molecule has 1 N–H and O–H groups in total. The first-order chi connectivity index (χ1) is 11.7. The lowest BCUT2D eigenvalue weighted by Crippen LogP contribution is -2.28. The molecule has 0 saturated heterocycles. The largest absolute Gasteiger partial charge is 0.511 e. The van der Waals surface area contributed by atoms with Gasteiger partial charge in [-0.15, -0.1) is 18.3 Å². The quantitative estimate of drug-likeness (QED) is 0.375. The summed E-state index contributed by atoms with van der Waals surface area (Å²) in [6.07, 6.45) is 2.51. The molecule has 0 radical (unpaired) electrons. The summed E-state index contributed by atoms with van der Waals surface area (Å²) in [4.78, 5) is 17.0. The second-order valence-electron chi connectivity index (χ2n) is 6.72. The van der Waals surface area contributed by atoms with E-state index >= 15 is 0 Å². The van der Waals surface area contributed by atoms with Gasteiger partial charge in [0, 0.05) is 28.6 Å². The molecule has 1 aliphatic carbocycles. The molecule has 0 atom stereocenters. The Balaban J connectivity index is 2.28. The number of aliphatic imine (C=N–C) groups is 1. The fourth-order valence-corrected chi connectivity index (χ4v) is 4.30. The molecule has 0 bridgehead atoms. The minimum absolute atomic E-state index is 0.0775. The van der Waals surface area contributed by atoms with Crippen molar-refractivity contribution in [2.24, 2.45) is 10.4 Å². The molecule has 3 nitrogen and oxygen atoms in total. The third-order valence-corrected chi connectivity index (χ3v) is 5.46. The van der Waals surface area contributed by atoms with Crippen LogP contribution in [0, 0.1) is 5.41 Å². The Morgan fingerprint density at radius 3 is 2.72 bits per heavy atom. The van der Waals surface area contributed by atoms with Crippen molar-refractivity contribution in [1.29, 1.82) is 0 Å². The monoisotopic (exact) mass is 397 g/mol. The van der Waals surface area contributed by atoms with Gasteiger partial charge in [0.05, 0.1) is 12.1 Å². The maximum absolute atomic E-state index is 12.6. The highest BCUT2D eigenvalue weighted by Gasteiger charge is 2.35. The third kappa shape index (κ3) is 5.37. The van der Waals surface area contributed by atoms with E-state index in [1.807, 2.05) is 19.9 Å². The summed E-state index contributed by atoms with van der Waals surface area (Å²) in [6, 6.07) is 5.31. The highest BCUT2D eigenvalue weighted by atomic mass is 35.5. The summed E-state index contributed by atoms with van der Waals surface area (Å²) >= 11 is 13.5. The molecule has 1 aliphatic rings. The molecule has 1 aromatic carbocycles. The molecule has 6 heteroatoms. The predicted octanol–water partition coefficient (Wildman–Crippen LogP) is 6.01. The number of allylic oxidation sites excluding steroid dienone is 1. The minimum Gasteiger partial charge on any atom is -0.511 e. The molecule has 0 fully saturated rings. The van der Waals surface area contributed by atoms with E-state index in [1.54, 1.807) is 18.2 Å². The van der Waals surface area contributed by atoms with Crippen molar-refractivity contribution in [3.63, 3.8) is 0 Å². The summed E-state index contributed by atoms with van der Waals surface area (Å²) in [5, 5.41) is 12.1. The van der Waals surface area contributed by atoms with Crippen molar-refractivity contribution in [3.8, 4) is 0 Å². The van der Waals surface area contributed by atoms with Gasteiger partial charge in [-0.25, -0.2) is 0 Å². The van der Waals surface area contributed by atoms with Crippen molar-refractivity contribution >= 4 is 45.8 Å². The van der Waals surface area contributed by atoms with E-state index in [2.05, 4.69) is 11.6 Å². The van der Waals surface area contributed by atoms with Gasteiger partial charge < -0.3 is 5.11 Å². The molecule has 0 saturated carbocycles. The van der Waals surface area contributed by atoms with Crippen LogP contribution in [-0.2, 0) is 10.5 Å². The molecular weight excluding hydrogens is 377 g/mol. The third-order valence-electron chi connectivity index (χ3n) is 3.81. The molecule has 0 aromatic heterocycles. The minimum atomic E-state index is -0.238. The predicted molar refractivity (Wildman–Crippen MR) is 108 cm³/mol. The number of halogens is 2. The van der Waals surface area contributed by atoms with E-state index in [1.165, 1.54) is 11.8 Å². The Kier molecular flexibility index (Phi) is 6.78. The van der Waals surface area contributed by atoms with Gasteiger partial charge in [0.1, 0.15) is 10.8 Å². The van der Waals surface area contributed by atoms with E-state index in [-0.39, 0.29) is 17.0 Å². The van der Waals surface area contributed by atoms with Gasteiger partial charge in [-0.2, -0.15) is 0 Å². The van der Waals surface area contributed by atoms with Crippen LogP contribution in [-0.4, -0.2) is 22.5 Å². The zero-order valence-corrected chi connectivity index (χ0v) is 16.6. The van der Waals surface area contributed by atoms with Gasteiger partial charge in [0.2, 0.25) is 0 Å². The lowest BCUT2D eigenvalue weighted by Gasteiger charge is -2.29. The van der Waals surface area contributed by atoms with Crippen LogP contribution in [0.3, 0.4) is 0 Å². The van der Waals surface area contributed by atoms with Crippen molar-refractivity contribution in [2.75, 3.05) is 6.54 Å². The number of carbonyl (C=O) groups excluding carboxylic acids is 1. The van der Waals surface area contributed by atoms with Crippen LogP contribution in [0.25, 0.3) is 0 Å². The Bertz CT molecular complexity index is 754. The van der Waals surface area contributed by atoms with Crippen molar-refractivity contribution < 1.29 is 9.90 Å². The number of hydrogen-bond donors (Lipinski definition) is 1. The Hall–Kier alpha value is -1.23. The van der Waals surface area contributed by atoms with Crippen LogP contribution < -0.4 is 0 Å². The van der Waals surface area contributed by atoms with E-state index in [4.69, 9.17) is 23.2 Å². The molecule has 25 heavy (non-hydrogen) atoms. The normalized spacial score (nSPS) is 17.8. The highest BCUT2D eigenvalue weighted by Crippen LogP contribution is 2.38. The molecule has 134 valence electrons. The Morgan fingerprint density at radius 1 is 1.40 bits per heavy atom. The number of hydrogen-bond acceptors (Lipinski definition) is 4. The number of nitrogens with zero attached hydrogens (tertiary/aromatic N) is 1. The van der Waals surface area contributed by atoms with E-state index in [9.17, 15) is 9.90 Å². The second-order valence-corrected chi connectivity index (χ2v) is 8.53. The number of Topliss-reactive ketones (excluding diaryl/α,β-unsaturated/α-hetero) is 1. The molecule has 2 rings (SSSR count). The first-order valence-corrected chi connectivity index (χ1v) is 9.65. The summed E-state index contributed by atoms with van der Waals surface area (Å²) in [6.45, 7) is 7.99. The standard InChI is InChI=1S/C19H21Cl2NO2S/c1-4-7-22-18(17-15(23)9-19(2,3)10-16(17)24)25-11-12-5-6-13(20)8-14(12)21/h4-6,8,23H,1,7,9-11H2,2-3H3. The molecule has 0 spiro atoms. The topological polar surface area (TPSA) is 49.7 Å². The number of carbonyl (C=O) groups is 1. The average molecular weight is 398 g/mol. The molecular formula is C19H21Cl2NO2S. The maximum Gasteiger partial charge on any atom is 0.169 e. The summed E-state index contributed by atoms with van der Waals surface area (Å²) < 4.78 is 0. The zero-order valence-electron chi connectivity index (χ0n) is 14.3. The number of ketones is 1. The maximum atomic E-state index is 12.6. The van der Waals surface area contributed by atoms with Crippen LogP contribution in [0.2, 0.25) is 10.0 Å². The number of aliphatic hydroxyl groups excluding tert-OH is 1. The number of benzene rings is 1. The molecule has 0 unspecified atom stereocenters. The lowest BCUT2D eigenvalue weighted by atomic mass is 9.77. The fourth-order valence-electron chi connectivity index (χ4n) is 2.66. The number of thioether (sulfide) groups is 1. The van der Waals surface area contributed by atoms with Crippen LogP contribution >= 0.6 is 35.0 Å². The van der Waals surface area contributed by atoms with Gasteiger partial charge in [-0.1, -0.05) is 49.2 Å². The fraction of sp³-hybridized carbons (Fsp3) is 0.368. The van der Waals surface area contributed by atoms with E-state index in [0.29, 0.717) is 45.8 Å². The van der Waals surface area contributed by atoms with Crippen molar-refractivity contribution in [3.05, 3.63) is 57.8 Å². The molecule has 0 heterocycles.